The molecule has 28 heavy (non-hydrogen) atoms. The fraction of sp³-hybridized carbons (Fsp3) is 0.650. The molecule has 0 unspecified atom stereocenters. The van der Waals surface area contributed by atoms with Crippen LogP contribution in [0, 0.1) is 0 Å². The van der Waals surface area contributed by atoms with Gasteiger partial charge in [0.2, 0.25) is 10.0 Å². The maximum Gasteiger partial charge on any atom is 0.318 e. The van der Waals surface area contributed by atoms with E-state index in [9.17, 15) is 13.2 Å². The third-order valence-electron chi connectivity index (χ3n) is 4.01. The van der Waals surface area contributed by atoms with Crippen molar-refractivity contribution < 1.29 is 13.2 Å². The Balaban J connectivity index is 3.23. The minimum absolute atomic E-state index is 0.0159. The van der Waals surface area contributed by atoms with Gasteiger partial charge in [-0.15, -0.1) is 0 Å². The molecule has 0 heterocycles. The molecule has 0 radical (unpaired) electrons. The highest BCUT2D eigenvalue weighted by Gasteiger charge is 2.23. The summed E-state index contributed by atoms with van der Waals surface area (Å²) in [5, 5.41) is 3.00. The quantitative estimate of drug-likeness (QED) is 0.683. The summed E-state index contributed by atoms with van der Waals surface area (Å²) in [5.41, 5.74) is 1.98. The number of carbonyl (C=O) groups is 1. The number of hydrogen-bond acceptors (Lipinski definition) is 4. The number of hydrogen-bond donors (Lipinski definition) is 2. The predicted molar refractivity (Wildman–Crippen MR) is 117 cm³/mol. The first-order valence-electron chi connectivity index (χ1n) is 9.65. The summed E-state index contributed by atoms with van der Waals surface area (Å²) >= 11 is 0. The number of urea groups is 1. The summed E-state index contributed by atoms with van der Waals surface area (Å²) in [7, 11) is 0.474. The summed E-state index contributed by atoms with van der Waals surface area (Å²) < 4.78 is 26.9. The molecular formula is C20H36N4O3S. The van der Waals surface area contributed by atoms with Crippen molar-refractivity contribution in [2.45, 2.75) is 66.1 Å². The first-order chi connectivity index (χ1) is 12.8. The summed E-state index contributed by atoms with van der Waals surface area (Å²) in [6.07, 6.45) is 0.548. The van der Waals surface area contributed by atoms with Crippen LogP contribution in [0.1, 0.15) is 53.5 Å². The van der Waals surface area contributed by atoms with E-state index < -0.39 is 10.0 Å². The van der Waals surface area contributed by atoms with Crippen LogP contribution in [0.25, 0.3) is 0 Å². The van der Waals surface area contributed by atoms with E-state index in [1.165, 1.54) is 0 Å². The zero-order chi connectivity index (χ0) is 21.7. The molecule has 1 rings (SSSR count). The van der Waals surface area contributed by atoms with Crippen molar-refractivity contribution in [2.24, 2.45) is 0 Å². The Hall–Kier alpha value is -1.96. The van der Waals surface area contributed by atoms with Crippen molar-refractivity contribution in [3.63, 3.8) is 0 Å². The van der Waals surface area contributed by atoms with Gasteiger partial charge >= 0.3 is 6.03 Å². The molecule has 0 aliphatic carbocycles. The highest BCUT2D eigenvalue weighted by molar-refractivity contribution is 7.92. The van der Waals surface area contributed by atoms with Crippen LogP contribution in [0.3, 0.4) is 0 Å². The number of nitrogens with one attached hydrogen (secondary N) is 2. The summed E-state index contributed by atoms with van der Waals surface area (Å²) in [6, 6.07) is 5.27. The third-order valence-corrected chi connectivity index (χ3v) is 5.51. The molecule has 7 nitrogen and oxygen atoms in total. The number of amides is 2. The molecule has 0 bridgehead atoms. The fourth-order valence-corrected chi connectivity index (χ4v) is 3.90. The van der Waals surface area contributed by atoms with Gasteiger partial charge in [0, 0.05) is 43.6 Å². The minimum Gasteiger partial charge on any atom is -0.377 e. The second-order valence-corrected chi connectivity index (χ2v) is 10.4. The smallest absolute Gasteiger partial charge is 0.318 e. The molecule has 8 heteroatoms. The van der Waals surface area contributed by atoms with E-state index in [1.807, 2.05) is 72.7 Å². The van der Waals surface area contributed by atoms with Gasteiger partial charge in [0.1, 0.15) is 0 Å². The lowest BCUT2D eigenvalue weighted by Gasteiger charge is -2.32. The molecule has 0 spiro atoms. The molecule has 1 aromatic carbocycles. The SMILES string of the molecule is CCCS(=O)(=O)Nc1ccc(N(C)C)c(CN(C(=O)NC(C)(C)C)C(C)C)c1. The normalized spacial score (nSPS) is 12.0. The van der Waals surface area contributed by atoms with E-state index >= 15 is 0 Å². The Morgan fingerprint density at radius 1 is 1.18 bits per heavy atom. The molecule has 2 N–H and O–H groups in total. The van der Waals surface area contributed by atoms with Crippen molar-refractivity contribution in [1.29, 1.82) is 0 Å². The zero-order valence-electron chi connectivity index (χ0n) is 18.5. The number of nitrogens with zero attached hydrogens (tertiary/aromatic N) is 2. The molecule has 2 amide bonds. The summed E-state index contributed by atoms with van der Waals surface area (Å²) in [5.74, 6) is 0.0733. The number of benzene rings is 1. The van der Waals surface area contributed by atoms with Gasteiger partial charge in [0.15, 0.2) is 0 Å². The Morgan fingerprint density at radius 2 is 1.79 bits per heavy atom. The maximum atomic E-state index is 12.8. The number of anilines is 2. The van der Waals surface area contributed by atoms with E-state index in [0.717, 1.165) is 11.3 Å². The van der Waals surface area contributed by atoms with Crippen LogP contribution in [0.4, 0.5) is 16.2 Å². The molecule has 1 aromatic rings. The van der Waals surface area contributed by atoms with Crippen LogP contribution in [-0.4, -0.2) is 50.8 Å². The lowest BCUT2D eigenvalue weighted by Crippen LogP contribution is -2.50. The van der Waals surface area contributed by atoms with Crippen LogP contribution >= 0.6 is 0 Å². The molecule has 0 saturated carbocycles. The zero-order valence-corrected chi connectivity index (χ0v) is 19.3. The Labute approximate surface area is 170 Å². The topological polar surface area (TPSA) is 81.8 Å². The minimum atomic E-state index is -3.38. The van der Waals surface area contributed by atoms with Crippen molar-refractivity contribution >= 4 is 27.4 Å². The van der Waals surface area contributed by atoms with Gasteiger partial charge in [0.25, 0.3) is 0 Å². The van der Waals surface area contributed by atoms with E-state index in [1.54, 1.807) is 11.0 Å². The lowest BCUT2D eigenvalue weighted by molar-refractivity contribution is 0.171. The first kappa shape index (κ1) is 24.1. The van der Waals surface area contributed by atoms with Crippen LogP contribution in [0.15, 0.2) is 18.2 Å². The van der Waals surface area contributed by atoms with Gasteiger partial charge < -0.3 is 15.1 Å². The standard InChI is InChI=1S/C20H36N4O3S/c1-9-12-28(26,27)22-17-10-11-18(23(7)8)16(13-17)14-24(15(2)3)19(25)21-20(4,5)6/h10-11,13,15,22H,9,12,14H2,1-8H3,(H,21,25). The highest BCUT2D eigenvalue weighted by atomic mass is 32.2. The van der Waals surface area contributed by atoms with E-state index in [2.05, 4.69) is 10.0 Å². The van der Waals surface area contributed by atoms with Crippen LogP contribution in [0.5, 0.6) is 0 Å². The van der Waals surface area contributed by atoms with Gasteiger partial charge in [-0.25, -0.2) is 13.2 Å². The monoisotopic (exact) mass is 412 g/mol. The maximum absolute atomic E-state index is 12.8. The first-order valence-corrected chi connectivity index (χ1v) is 11.3. The van der Waals surface area contributed by atoms with Crippen LogP contribution < -0.4 is 14.9 Å². The van der Waals surface area contributed by atoms with Crippen molar-refractivity contribution in [2.75, 3.05) is 29.5 Å². The largest absolute Gasteiger partial charge is 0.377 e. The molecular weight excluding hydrogens is 376 g/mol. The van der Waals surface area contributed by atoms with Crippen molar-refractivity contribution in [3.05, 3.63) is 23.8 Å². The average molecular weight is 413 g/mol. The van der Waals surface area contributed by atoms with E-state index in [0.29, 0.717) is 18.7 Å². The van der Waals surface area contributed by atoms with E-state index in [-0.39, 0.29) is 23.4 Å². The van der Waals surface area contributed by atoms with Gasteiger partial charge in [0.05, 0.1) is 5.75 Å². The van der Waals surface area contributed by atoms with Crippen molar-refractivity contribution in [1.82, 2.24) is 10.2 Å². The lowest BCUT2D eigenvalue weighted by atomic mass is 10.1. The second-order valence-electron chi connectivity index (χ2n) is 8.56. The molecule has 0 fully saturated rings. The fourth-order valence-electron chi connectivity index (χ4n) is 2.78. The van der Waals surface area contributed by atoms with Crippen LogP contribution in [0.2, 0.25) is 0 Å². The predicted octanol–water partition coefficient (Wildman–Crippen LogP) is 3.62. The highest BCUT2D eigenvalue weighted by Crippen LogP contribution is 2.26. The van der Waals surface area contributed by atoms with E-state index in [4.69, 9.17) is 0 Å². The Kier molecular flexibility index (Phi) is 8.16. The van der Waals surface area contributed by atoms with Gasteiger partial charge in [-0.2, -0.15) is 0 Å². The second kappa shape index (κ2) is 9.49. The molecule has 0 atom stereocenters. The molecule has 0 saturated heterocycles. The molecule has 0 aliphatic rings. The number of carbonyl (C=O) groups excluding carboxylic acids is 1. The Morgan fingerprint density at radius 3 is 2.25 bits per heavy atom. The van der Waals surface area contributed by atoms with Crippen molar-refractivity contribution in [3.8, 4) is 0 Å². The Bertz CT molecular complexity index is 768. The van der Waals surface area contributed by atoms with Crippen LogP contribution in [-0.2, 0) is 16.6 Å². The summed E-state index contributed by atoms with van der Waals surface area (Å²) in [6.45, 7) is 12.0. The molecule has 0 aromatic heterocycles. The van der Waals surface area contributed by atoms with Gasteiger partial charge in [-0.05, 0) is 64.8 Å². The number of sulfonamides is 1. The molecule has 0 aliphatic heterocycles. The summed E-state index contributed by atoms with van der Waals surface area (Å²) in [4.78, 5) is 16.5. The third kappa shape index (κ3) is 7.58. The van der Waals surface area contributed by atoms with Gasteiger partial charge in [-0.1, -0.05) is 6.92 Å². The molecule has 160 valence electrons. The average Bonchev–Trinajstić information content (AvgIpc) is 2.49. The van der Waals surface area contributed by atoms with Gasteiger partial charge in [-0.3, -0.25) is 4.72 Å². The number of rotatable bonds is 8.